The third-order valence-corrected chi connectivity index (χ3v) is 5.60. The molecule has 2 heterocycles. The molecule has 0 aliphatic rings. The van der Waals surface area contributed by atoms with Gasteiger partial charge < -0.3 is 20.5 Å². The lowest BCUT2D eigenvalue weighted by molar-refractivity contribution is 0.0526. The fourth-order valence-electron chi connectivity index (χ4n) is 3.06. The van der Waals surface area contributed by atoms with Crippen LogP contribution >= 0.6 is 11.3 Å². The number of nitrogens with one attached hydrogen (secondary N) is 1. The van der Waals surface area contributed by atoms with Crippen molar-refractivity contribution in [2.75, 3.05) is 31.4 Å². The Morgan fingerprint density at radius 2 is 2.03 bits per heavy atom. The van der Waals surface area contributed by atoms with Crippen molar-refractivity contribution in [3.05, 3.63) is 51.3 Å². The summed E-state index contributed by atoms with van der Waals surface area (Å²) >= 11 is 1.24. The summed E-state index contributed by atoms with van der Waals surface area (Å²) < 4.78 is 10.2. The monoisotopic (exact) mass is 439 g/mol. The van der Waals surface area contributed by atoms with E-state index in [4.69, 9.17) is 20.2 Å². The third-order valence-electron chi connectivity index (χ3n) is 4.49. The van der Waals surface area contributed by atoms with Crippen LogP contribution in [0.15, 0.2) is 30.3 Å². The molecular formula is C23H25N3O4S. The van der Waals surface area contributed by atoms with E-state index >= 15 is 0 Å². The average Bonchev–Trinajstić information content (AvgIpc) is 3.08. The predicted octanol–water partition coefficient (Wildman–Crippen LogP) is 2.92. The molecule has 1 amide bonds. The van der Waals surface area contributed by atoms with Crippen molar-refractivity contribution in [2.24, 2.45) is 0 Å². The molecule has 0 fully saturated rings. The molecule has 0 radical (unpaired) electrons. The second kappa shape index (κ2) is 10.2. The number of thiophene rings is 1. The molecule has 162 valence electrons. The van der Waals surface area contributed by atoms with Gasteiger partial charge in [-0.25, -0.2) is 9.78 Å². The molecule has 3 N–H and O–H groups in total. The Labute approximate surface area is 184 Å². The number of benzene rings is 1. The van der Waals surface area contributed by atoms with Gasteiger partial charge in [-0.1, -0.05) is 19.1 Å². The van der Waals surface area contributed by atoms with E-state index in [9.17, 15) is 9.59 Å². The first-order valence-corrected chi connectivity index (χ1v) is 10.8. The minimum Gasteiger partial charge on any atom is -0.462 e. The summed E-state index contributed by atoms with van der Waals surface area (Å²) in [7, 11) is 1.63. The normalized spacial score (nSPS) is 12.4. The van der Waals surface area contributed by atoms with E-state index in [1.54, 1.807) is 38.3 Å². The smallest absolute Gasteiger partial charge is 0.338 e. The lowest BCUT2D eigenvalue weighted by Gasteiger charge is -2.07. The van der Waals surface area contributed by atoms with Gasteiger partial charge in [0.05, 0.1) is 29.8 Å². The van der Waals surface area contributed by atoms with Gasteiger partial charge in [0.1, 0.15) is 9.71 Å². The molecule has 0 saturated heterocycles. The first-order chi connectivity index (χ1) is 15.0. The molecule has 0 aliphatic heterocycles. The van der Waals surface area contributed by atoms with Crippen LogP contribution in [0.1, 0.15) is 40.3 Å². The molecule has 0 atom stereocenters. The largest absolute Gasteiger partial charge is 0.462 e. The van der Waals surface area contributed by atoms with Crippen LogP contribution in [0.25, 0.3) is 22.4 Å². The van der Waals surface area contributed by atoms with E-state index in [1.165, 1.54) is 11.3 Å². The maximum absolute atomic E-state index is 12.9. The van der Waals surface area contributed by atoms with Crippen LogP contribution in [0, 0.1) is 0 Å². The Kier molecular flexibility index (Phi) is 7.38. The number of hydrogen-bond donors (Lipinski definition) is 2. The summed E-state index contributed by atoms with van der Waals surface area (Å²) in [6.45, 7) is 4.51. The lowest BCUT2D eigenvalue weighted by atomic mass is 10.2. The average molecular weight is 440 g/mol. The van der Waals surface area contributed by atoms with Crippen molar-refractivity contribution >= 4 is 57.0 Å². The number of fused-ring (bicyclic) bond motifs is 1. The Morgan fingerprint density at radius 3 is 2.74 bits per heavy atom. The standard InChI is InChI=1S/C23H25N3O4S/c1-4-7-18-14(10-11-29-3)13-17-19(24)20(31-22(17)26-18)21(27)25-16-9-6-8-15(12-16)23(28)30-5-2/h6-10,12-13H,4-5,11,24H2,1-3H3,(H,25,27)/b14-10-,18-7+. The maximum atomic E-state index is 12.9. The Balaban J connectivity index is 1.97. The number of amides is 1. The van der Waals surface area contributed by atoms with Crippen molar-refractivity contribution in [3.63, 3.8) is 0 Å². The van der Waals surface area contributed by atoms with Crippen molar-refractivity contribution in [2.45, 2.75) is 20.3 Å². The van der Waals surface area contributed by atoms with Crippen molar-refractivity contribution < 1.29 is 19.1 Å². The SMILES string of the molecule is CC/C=c1/nc2sc(C(=O)Nc3cccc(C(=O)OCC)c3)c(N)c2c/c1=C/COC. The number of ether oxygens (including phenoxy) is 2. The van der Waals surface area contributed by atoms with Gasteiger partial charge in [0, 0.05) is 18.2 Å². The lowest BCUT2D eigenvalue weighted by Crippen LogP contribution is -2.28. The Bertz CT molecular complexity index is 1230. The molecule has 0 spiro atoms. The van der Waals surface area contributed by atoms with Crippen LogP contribution < -0.4 is 21.6 Å². The molecule has 2 aromatic heterocycles. The number of carbonyl (C=O) groups excluding carboxylic acids is 2. The van der Waals surface area contributed by atoms with Gasteiger partial charge in [-0.3, -0.25) is 4.79 Å². The topological polar surface area (TPSA) is 104 Å². The number of carbonyl (C=O) groups is 2. The van der Waals surface area contributed by atoms with Crippen LogP contribution in [0.5, 0.6) is 0 Å². The number of anilines is 2. The molecular weight excluding hydrogens is 414 g/mol. The molecule has 8 heteroatoms. The number of hydrogen-bond acceptors (Lipinski definition) is 7. The predicted molar refractivity (Wildman–Crippen MR) is 125 cm³/mol. The first-order valence-electron chi connectivity index (χ1n) is 9.95. The molecule has 3 aromatic rings. The van der Waals surface area contributed by atoms with Crippen LogP contribution in [0.3, 0.4) is 0 Å². The fourth-order valence-corrected chi connectivity index (χ4v) is 4.04. The van der Waals surface area contributed by atoms with Crippen LogP contribution in [0.4, 0.5) is 11.4 Å². The quantitative estimate of drug-likeness (QED) is 0.549. The molecule has 1 aromatic carbocycles. The van der Waals surface area contributed by atoms with Gasteiger partial charge in [-0.15, -0.1) is 11.3 Å². The summed E-state index contributed by atoms with van der Waals surface area (Å²) in [5.41, 5.74) is 7.54. The molecule has 3 rings (SSSR count). The van der Waals surface area contributed by atoms with E-state index in [-0.39, 0.29) is 12.5 Å². The van der Waals surface area contributed by atoms with E-state index in [2.05, 4.69) is 5.32 Å². The van der Waals surface area contributed by atoms with E-state index < -0.39 is 5.97 Å². The summed E-state index contributed by atoms with van der Waals surface area (Å²) in [5, 5.41) is 5.28. The van der Waals surface area contributed by atoms with Gasteiger partial charge in [-0.2, -0.15) is 0 Å². The van der Waals surface area contributed by atoms with Crippen LogP contribution in [0.2, 0.25) is 0 Å². The number of nitrogens with two attached hydrogens (primary N) is 1. The Morgan fingerprint density at radius 1 is 1.23 bits per heavy atom. The van der Waals surface area contributed by atoms with Gasteiger partial charge in [0.25, 0.3) is 5.91 Å². The second-order valence-corrected chi connectivity index (χ2v) is 7.69. The second-order valence-electron chi connectivity index (χ2n) is 6.69. The minimum absolute atomic E-state index is 0.280. The molecule has 0 aliphatic carbocycles. The molecule has 7 nitrogen and oxygen atoms in total. The van der Waals surface area contributed by atoms with Crippen molar-refractivity contribution in [1.82, 2.24) is 4.98 Å². The highest BCUT2D eigenvalue weighted by Crippen LogP contribution is 2.31. The van der Waals surface area contributed by atoms with Gasteiger partial charge in [0.15, 0.2) is 0 Å². The van der Waals surface area contributed by atoms with Gasteiger partial charge in [-0.05, 0) is 48.9 Å². The molecule has 31 heavy (non-hydrogen) atoms. The zero-order chi connectivity index (χ0) is 22.4. The maximum Gasteiger partial charge on any atom is 0.338 e. The molecule has 0 saturated carbocycles. The van der Waals surface area contributed by atoms with E-state index in [0.717, 1.165) is 22.4 Å². The number of methoxy groups -OCH3 is 1. The fraction of sp³-hybridized carbons (Fsp3) is 0.261. The number of pyridine rings is 1. The number of nitrogens with zero attached hydrogens (tertiary/aromatic N) is 1. The minimum atomic E-state index is -0.441. The number of nitrogen functional groups attached to an aromatic ring is 1. The van der Waals surface area contributed by atoms with Gasteiger partial charge in [0.2, 0.25) is 0 Å². The zero-order valence-electron chi connectivity index (χ0n) is 17.7. The van der Waals surface area contributed by atoms with Crippen LogP contribution in [-0.4, -0.2) is 37.2 Å². The highest BCUT2D eigenvalue weighted by molar-refractivity contribution is 7.21. The number of aromatic nitrogens is 1. The van der Waals surface area contributed by atoms with E-state index in [1.807, 2.05) is 25.1 Å². The van der Waals surface area contributed by atoms with Gasteiger partial charge >= 0.3 is 5.97 Å². The highest BCUT2D eigenvalue weighted by Gasteiger charge is 2.18. The first kappa shape index (κ1) is 22.5. The third kappa shape index (κ3) is 5.10. The van der Waals surface area contributed by atoms with Crippen molar-refractivity contribution in [3.8, 4) is 0 Å². The number of rotatable bonds is 7. The molecule has 0 bridgehead atoms. The van der Waals surface area contributed by atoms with E-state index in [0.29, 0.717) is 33.3 Å². The molecule has 0 unspecified atom stereocenters. The summed E-state index contributed by atoms with van der Waals surface area (Å²) in [4.78, 5) is 30.6. The number of esters is 1. The van der Waals surface area contributed by atoms with Crippen LogP contribution in [-0.2, 0) is 9.47 Å². The zero-order valence-corrected chi connectivity index (χ0v) is 18.5. The summed E-state index contributed by atoms with van der Waals surface area (Å²) in [6, 6.07) is 8.53. The summed E-state index contributed by atoms with van der Waals surface area (Å²) in [5.74, 6) is -0.798. The van der Waals surface area contributed by atoms with Crippen molar-refractivity contribution in [1.29, 1.82) is 0 Å². The highest BCUT2D eigenvalue weighted by atomic mass is 32.1. The Hall–Kier alpha value is -3.23. The summed E-state index contributed by atoms with van der Waals surface area (Å²) in [6.07, 6.45) is 4.79.